The van der Waals surface area contributed by atoms with Crippen LogP contribution in [0.4, 0.5) is 5.82 Å². The lowest BCUT2D eigenvalue weighted by Gasteiger charge is -2.38. The van der Waals surface area contributed by atoms with Gasteiger partial charge in [0, 0.05) is 25.2 Å². The van der Waals surface area contributed by atoms with Gasteiger partial charge in [-0.3, -0.25) is 4.79 Å². The molecule has 0 radical (unpaired) electrons. The van der Waals surface area contributed by atoms with Crippen LogP contribution >= 0.6 is 11.6 Å². The molecule has 2 N–H and O–H groups in total. The van der Waals surface area contributed by atoms with Gasteiger partial charge in [0.2, 0.25) is 5.91 Å². The highest BCUT2D eigenvalue weighted by Crippen LogP contribution is 2.33. The van der Waals surface area contributed by atoms with Crippen LogP contribution in [-0.2, 0) is 4.79 Å². The Hall–Kier alpha value is -1.79. The summed E-state index contributed by atoms with van der Waals surface area (Å²) in [6.07, 6.45) is 1.45. The summed E-state index contributed by atoms with van der Waals surface area (Å²) in [6, 6.07) is 5.32. The van der Waals surface area contributed by atoms with E-state index in [1.807, 2.05) is 4.90 Å². The molecular weight excluding hydrogens is 306 g/mol. The highest BCUT2D eigenvalue weighted by Gasteiger charge is 2.36. The van der Waals surface area contributed by atoms with Crippen LogP contribution < -0.4 is 10.2 Å². The average molecular weight is 324 g/mol. The first-order valence-electron chi connectivity index (χ1n) is 7.24. The van der Waals surface area contributed by atoms with Crippen LogP contribution in [0.15, 0.2) is 22.7 Å². The molecule has 1 fully saturated rings. The maximum absolute atomic E-state index is 11.6. The number of halogens is 1. The van der Waals surface area contributed by atoms with E-state index in [-0.39, 0.29) is 12.3 Å². The number of piperidine rings is 1. The summed E-state index contributed by atoms with van der Waals surface area (Å²) in [4.78, 5) is 13.5. The standard InChI is InChI=1S/C15H18ClN3O3/c1-17-13(20)8-15(21)5-2-6-19(9-15)14-11-7-10(16)3-4-12(11)22-18-14/h3-4,7,21H,2,5-6,8-9H2,1H3,(H,17,20). The lowest BCUT2D eigenvalue weighted by molar-refractivity contribution is -0.125. The van der Waals surface area contributed by atoms with Gasteiger partial charge in [-0.15, -0.1) is 0 Å². The first-order valence-corrected chi connectivity index (χ1v) is 7.61. The molecule has 6 nitrogen and oxygen atoms in total. The van der Waals surface area contributed by atoms with Crippen LogP contribution in [0.5, 0.6) is 0 Å². The van der Waals surface area contributed by atoms with Gasteiger partial charge >= 0.3 is 0 Å². The maximum Gasteiger partial charge on any atom is 0.222 e. The van der Waals surface area contributed by atoms with Crippen molar-refractivity contribution < 1.29 is 14.4 Å². The number of carbonyl (C=O) groups is 1. The molecular formula is C15H18ClN3O3. The Balaban J connectivity index is 1.87. The van der Waals surface area contributed by atoms with Gasteiger partial charge in [0.05, 0.1) is 17.4 Å². The summed E-state index contributed by atoms with van der Waals surface area (Å²) in [5.41, 5.74) is -0.401. The Morgan fingerprint density at radius 1 is 1.59 bits per heavy atom. The van der Waals surface area contributed by atoms with Crippen molar-refractivity contribution in [1.29, 1.82) is 0 Å². The van der Waals surface area contributed by atoms with E-state index in [4.69, 9.17) is 16.1 Å². The van der Waals surface area contributed by atoms with Gasteiger partial charge in [0.15, 0.2) is 11.4 Å². The average Bonchev–Trinajstić information content (AvgIpc) is 2.89. The molecule has 0 spiro atoms. The third-order valence-electron chi connectivity index (χ3n) is 4.04. The molecule has 118 valence electrons. The fourth-order valence-corrected chi connectivity index (χ4v) is 3.12. The van der Waals surface area contributed by atoms with Crippen LogP contribution in [0.25, 0.3) is 11.0 Å². The van der Waals surface area contributed by atoms with Gasteiger partial charge in [0.25, 0.3) is 0 Å². The summed E-state index contributed by atoms with van der Waals surface area (Å²) < 4.78 is 5.32. The van der Waals surface area contributed by atoms with Gasteiger partial charge in [-0.25, -0.2) is 0 Å². The van der Waals surface area contributed by atoms with Gasteiger partial charge in [-0.1, -0.05) is 16.8 Å². The third kappa shape index (κ3) is 2.89. The quantitative estimate of drug-likeness (QED) is 0.902. The zero-order chi connectivity index (χ0) is 15.7. The van der Waals surface area contributed by atoms with E-state index < -0.39 is 5.60 Å². The summed E-state index contributed by atoms with van der Waals surface area (Å²) in [5, 5.41) is 18.8. The van der Waals surface area contributed by atoms with Crippen molar-refractivity contribution in [3.63, 3.8) is 0 Å². The predicted octanol–water partition coefficient (Wildman–Crippen LogP) is 1.95. The fourth-order valence-electron chi connectivity index (χ4n) is 2.95. The minimum Gasteiger partial charge on any atom is -0.388 e. The largest absolute Gasteiger partial charge is 0.388 e. The van der Waals surface area contributed by atoms with Crippen molar-refractivity contribution in [2.45, 2.75) is 24.9 Å². The number of rotatable bonds is 3. The number of nitrogens with one attached hydrogen (secondary N) is 1. The van der Waals surface area contributed by atoms with E-state index in [0.29, 0.717) is 29.4 Å². The lowest BCUT2D eigenvalue weighted by atomic mass is 9.89. The second kappa shape index (κ2) is 5.78. The summed E-state index contributed by atoms with van der Waals surface area (Å²) >= 11 is 6.04. The van der Waals surface area contributed by atoms with Crippen LogP contribution in [-0.4, -0.2) is 41.9 Å². The first kappa shape index (κ1) is 15.1. The second-order valence-electron chi connectivity index (χ2n) is 5.75. The molecule has 1 atom stereocenters. The van der Waals surface area contributed by atoms with Gasteiger partial charge in [-0.2, -0.15) is 0 Å². The predicted molar refractivity (Wildman–Crippen MR) is 84.1 cm³/mol. The number of fused-ring (bicyclic) bond motifs is 1. The van der Waals surface area contributed by atoms with Crippen molar-refractivity contribution in [1.82, 2.24) is 10.5 Å². The maximum atomic E-state index is 11.6. The highest BCUT2D eigenvalue weighted by molar-refractivity contribution is 6.31. The molecule has 0 saturated carbocycles. The smallest absolute Gasteiger partial charge is 0.222 e. The van der Waals surface area contributed by atoms with Crippen molar-refractivity contribution in [2.24, 2.45) is 0 Å². The van der Waals surface area contributed by atoms with E-state index in [9.17, 15) is 9.90 Å². The number of β-amino-alcohol motifs (C(OH)–C–C–N with tert-alkyl or cyclic N) is 1. The third-order valence-corrected chi connectivity index (χ3v) is 4.27. The molecule has 3 rings (SSSR count). The van der Waals surface area contributed by atoms with Gasteiger partial charge in [-0.05, 0) is 31.0 Å². The summed E-state index contributed by atoms with van der Waals surface area (Å²) in [6.45, 7) is 1.10. The molecule has 7 heteroatoms. The molecule has 2 heterocycles. The van der Waals surface area contributed by atoms with E-state index in [1.165, 1.54) is 0 Å². The molecule has 1 aliphatic heterocycles. The minimum absolute atomic E-state index is 0.0799. The van der Waals surface area contributed by atoms with Crippen LogP contribution in [0.2, 0.25) is 5.02 Å². The Bertz CT molecular complexity index is 702. The number of aromatic nitrogens is 1. The topological polar surface area (TPSA) is 78.6 Å². The fraction of sp³-hybridized carbons (Fsp3) is 0.467. The zero-order valence-corrected chi connectivity index (χ0v) is 13.1. The second-order valence-corrected chi connectivity index (χ2v) is 6.18. The van der Waals surface area contributed by atoms with Crippen LogP contribution in [0, 0.1) is 0 Å². The van der Waals surface area contributed by atoms with E-state index >= 15 is 0 Å². The molecule has 2 aromatic rings. The number of anilines is 1. The number of hydrogen-bond donors (Lipinski definition) is 2. The van der Waals surface area contributed by atoms with E-state index in [1.54, 1.807) is 25.2 Å². The Morgan fingerprint density at radius 2 is 2.41 bits per heavy atom. The minimum atomic E-state index is -1.05. The summed E-state index contributed by atoms with van der Waals surface area (Å²) in [5.74, 6) is 0.491. The normalized spacial score (nSPS) is 22.0. The molecule has 22 heavy (non-hydrogen) atoms. The highest BCUT2D eigenvalue weighted by atomic mass is 35.5. The van der Waals surface area contributed by atoms with Gasteiger partial charge < -0.3 is 19.8 Å². The van der Waals surface area contributed by atoms with E-state index in [0.717, 1.165) is 18.4 Å². The Kier molecular flexibility index (Phi) is 3.97. The molecule has 1 unspecified atom stereocenters. The number of carbonyl (C=O) groups excluding carboxylic acids is 1. The first-order chi connectivity index (χ1) is 10.5. The van der Waals surface area contributed by atoms with E-state index in [2.05, 4.69) is 10.5 Å². The number of hydrogen-bond acceptors (Lipinski definition) is 5. The number of nitrogens with zero attached hydrogens (tertiary/aromatic N) is 2. The Morgan fingerprint density at radius 3 is 3.18 bits per heavy atom. The molecule has 0 bridgehead atoms. The molecule has 1 aromatic carbocycles. The molecule has 1 aliphatic rings. The van der Waals surface area contributed by atoms with Crippen molar-refractivity contribution in [3.8, 4) is 0 Å². The monoisotopic (exact) mass is 323 g/mol. The molecule has 0 aliphatic carbocycles. The number of amides is 1. The van der Waals surface area contributed by atoms with Crippen LogP contribution in [0.3, 0.4) is 0 Å². The zero-order valence-electron chi connectivity index (χ0n) is 12.3. The SMILES string of the molecule is CNC(=O)CC1(O)CCCN(c2noc3ccc(Cl)cc23)C1. The lowest BCUT2D eigenvalue weighted by Crippen LogP contribution is -2.50. The van der Waals surface area contributed by atoms with Crippen LogP contribution in [0.1, 0.15) is 19.3 Å². The number of aliphatic hydroxyl groups is 1. The summed E-state index contributed by atoms with van der Waals surface area (Å²) in [7, 11) is 1.57. The molecule has 1 aromatic heterocycles. The van der Waals surface area contributed by atoms with Crippen molar-refractivity contribution in [3.05, 3.63) is 23.2 Å². The Labute approximate surface area is 133 Å². The van der Waals surface area contributed by atoms with Crippen molar-refractivity contribution >= 4 is 34.3 Å². The number of benzene rings is 1. The molecule has 1 amide bonds. The van der Waals surface area contributed by atoms with Crippen molar-refractivity contribution in [2.75, 3.05) is 25.0 Å². The van der Waals surface area contributed by atoms with Gasteiger partial charge in [0.1, 0.15) is 0 Å². The molecule has 1 saturated heterocycles.